The van der Waals surface area contributed by atoms with Crippen molar-refractivity contribution in [2.45, 2.75) is 0 Å². The van der Waals surface area contributed by atoms with Crippen molar-refractivity contribution in [2.75, 3.05) is 25.2 Å². The Kier molecular flexibility index (Phi) is 5.60. The molecule has 0 aliphatic carbocycles. The highest BCUT2D eigenvalue weighted by atomic mass is 19.1. The number of rotatable bonds is 5. The number of nitrogens with two attached hydrogens (primary N) is 1. The first-order valence-corrected chi connectivity index (χ1v) is 8.50. The number of benzene rings is 2. The quantitative estimate of drug-likeness (QED) is 0.351. The van der Waals surface area contributed by atoms with E-state index in [2.05, 4.69) is 10.8 Å². The minimum absolute atomic E-state index is 0.0570. The Hall–Kier alpha value is -3.72. The predicted molar refractivity (Wildman–Crippen MR) is 107 cm³/mol. The Morgan fingerprint density at radius 1 is 1.17 bits per heavy atom. The lowest BCUT2D eigenvalue weighted by Crippen LogP contribution is -2.33. The van der Waals surface area contributed by atoms with E-state index in [9.17, 15) is 13.6 Å². The fraction of sp³-hybridized carbons (Fsp3) is 0.100. The van der Waals surface area contributed by atoms with E-state index in [1.165, 1.54) is 30.5 Å². The van der Waals surface area contributed by atoms with Gasteiger partial charge in [0.1, 0.15) is 11.6 Å². The van der Waals surface area contributed by atoms with Crippen molar-refractivity contribution in [3.63, 3.8) is 0 Å². The molecular formula is C20H19F2N5O2. The highest BCUT2D eigenvalue weighted by Crippen LogP contribution is 2.34. The van der Waals surface area contributed by atoms with E-state index in [1.54, 1.807) is 25.2 Å². The highest BCUT2D eigenvalue weighted by molar-refractivity contribution is 6.41. The van der Waals surface area contributed by atoms with E-state index >= 15 is 0 Å². The minimum Gasteiger partial charge on any atom is -0.399 e. The van der Waals surface area contributed by atoms with Gasteiger partial charge in [0.15, 0.2) is 0 Å². The van der Waals surface area contributed by atoms with Gasteiger partial charge in [0.05, 0.1) is 24.1 Å². The lowest BCUT2D eigenvalue weighted by Gasteiger charge is -2.26. The van der Waals surface area contributed by atoms with Crippen LogP contribution >= 0.6 is 0 Å². The van der Waals surface area contributed by atoms with Gasteiger partial charge in [0.2, 0.25) is 0 Å². The molecule has 5 N–H and O–H groups in total. The molecule has 1 amide bonds. The molecule has 0 atom stereocenters. The van der Waals surface area contributed by atoms with Crippen LogP contribution in [0.5, 0.6) is 0 Å². The maximum atomic E-state index is 14.1. The summed E-state index contributed by atoms with van der Waals surface area (Å²) >= 11 is 0. The molecule has 0 radical (unpaired) electrons. The molecular weight excluding hydrogens is 380 g/mol. The zero-order valence-electron chi connectivity index (χ0n) is 15.7. The third-order valence-corrected chi connectivity index (χ3v) is 4.27. The summed E-state index contributed by atoms with van der Waals surface area (Å²) in [7, 11) is 2.93. The second-order valence-electron chi connectivity index (χ2n) is 6.27. The molecule has 3 rings (SSSR count). The van der Waals surface area contributed by atoms with E-state index in [0.717, 1.165) is 12.1 Å². The third-order valence-electron chi connectivity index (χ3n) is 4.27. The Morgan fingerprint density at radius 2 is 1.90 bits per heavy atom. The summed E-state index contributed by atoms with van der Waals surface area (Å²) in [5, 5.41) is 11.4. The molecule has 150 valence electrons. The molecule has 0 saturated carbocycles. The maximum absolute atomic E-state index is 14.1. The van der Waals surface area contributed by atoms with Crippen LogP contribution in [0.15, 0.2) is 54.4 Å². The zero-order chi connectivity index (χ0) is 21.1. The Balaban J connectivity index is 2.08. The van der Waals surface area contributed by atoms with E-state index in [-0.39, 0.29) is 17.0 Å². The Morgan fingerprint density at radius 3 is 2.59 bits per heavy atom. The number of nitrogen functional groups attached to an aromatic ring is 1. The second kappa shape index (κ2) is 8.11. The molecule has 1 heterocycles. The average Bonchev–Trinajstić information content (AvgIpc) is 2.68. The Bertz CT molecular complexity index is 1050. The van der Waals surface area contributed by atoms with E-state index in [1.807, 2.05) is 0 Å². The minimum atomic E-state index is -0.766. The number of hydrogen-bond acceptors (Lipinski definition) is 6. The van der Waals surface area contributed by atoms with Crippen LogP contribution in [-0.2, 0) is 9.63 Å². The van der Waals surface area contributed by atoms with Crippen LogP contribution in [0.25, 0.3) is 5.57 Å². The van der Waals surface area contributed by atoms with Gasteiger partial charge in [0.25, 0.3) is 5.91 Å². The largest absolute Gasteiger partial charge is 0.399 e. The number of anilines is 3. The molecule has 0 saturated heterocycles. The number of hydrogen-bond donors (Lipinski definition) is 4. The van der Waals surface area contributed by atoms with Crippen molar-refractivity contribution in [3.05, 3.63) is 71.6 Å². The summed E-state index contributed by atoms with van der Waals surface area (Å²) < 4.78 is 27.3. The molecule has 2 aromatic carbocycles. The first kappa shape index (κ1) is 20.0. The smallest absolute Gasteiger partial charge is 0.261 e. The van der Waals surface area contributed by atoms with Crippen LogP contribution in [0, 0.1) is 17.0 Å². The summed E-state index contributed by atoms with van der Waals surface area (Å²) in [6.45, 7) is 0. The molecule has 9 heteroatoms. The fourth-order valence-corrected chi connectivity index (χ4v) is 2.84. The lowest BCUT2D eigenvalue weighted by molar-refractivity contribution is -0.123. The molecule has 7 nitrogen and oxygen atoms in total. The SMILES string of the molecule is CON/C=C1\C(=N)C(c2cc(N)ccc2Nc2ccc(F)cc2F)=CN(C)C1=O. The van der Waals surface area contributed by atoms with E-state index in [0.29, 0.717) is 22.5 Å². The summed E-state index contributed by atoms with van der Waals surface area (Å²) in [4.78, 5) is 18.5. The van der Waals surface area contributed by atoms with E-state index < -0.39 is 17.5 Å². The molecule has 0 fully saturated rings. The van der Waals surface area contributed by atoms with Crippen LogP contribution < -0.4 is 16.5 Å². The van der Waals surface area contributed by atoms with Gasteiger partial charge >= 0.3 is 0 Å². The van der Waals surface area contributed by atoms with Gasteiger partial charge in [0, 0.05) is 48.0 Å². The zero-order valence-corrected chi connectivity index (χ0v) is 15.7. The van der Waals surface area contributed by atoms with Gasteiger partial charge < -0.3 is 16.0 Å². The van der Waals surface area contributed by atoms with Crippen molar-refractivity contribution < 1.29 is 18.4 Å². The van der Waals surface area contributed by atoms with Crippen molar-refractivity contribution in [1.29, 1.82) is 5.41 Å². The van der Waals surface area contributed by atoms with Crippen molar-refractivity contribution >= 4 is 34.3 Å². The van der Waals surface area contributed by atoms with Crippen LogP contribution in [0.3, 0.4) is 0 Å². The highest BCUT2D eigenvalue weighted by Gasteiger charge is 2.29. The summed E-state index contributed by atoms with van der Waals surface area (Å²) in [5.41, 5.74) is 10.1. The summed E-state index contributed by atoms with van der Waals surface area (Å²) in [6.07, 6.45) is 2.78. The molecule has 0 bridgehead atoms. The van der Waals surface area contributed by atoms with Crippen LogP contribution in [0.2, 0.25) is 0 Å². The van der Waals surface area contributed by atoms with Gasteiger partial charge in [-0.15, -0.1) is 0 Å². The van der Waals surface area contributed by atoms with Crippen molar-refractivity contribution in [2.24, 2.45) is 0 Å². The van der Waals surface area contributed by atoms with Gasteiger partial charge in [-0.05, 0) is 30.3 Å². The molecule has 2 aromatic rings. The lowest BCUT2D eigenvalue weighted by atomic mass is 9.92. The topological polar surface area (TPSA) is 103 Å². The fourth-order valence-electron chi connectivity index (χ4n) is 2.84. The molecule has 1 aliphatic heterocycles. The normalized spacial score (nSPS) is 15.5. The second-order valence-corrected chi connectivity index (χ2v) is 6.27. The number of amides is 1. The van der Waals surface area contributed by atoms with Gasteiger partial charge in [-0.25, -0.2) is 8.78 Å². The molecule has 29 heavy (non-hydrogen) atoms. The number of carbonyl (C=O) groups excluding carboxylic acids is 1. The average molecular weight is 399 g/mol. The van der Waals surface area contributed by atoms with Crippen LogP contribution in [0.4, 0.5) is 25.8 Å². The monoisotopic (exact) mass is 399 g/mol. The van der Waals surface area contributed by atoms with Crippen LogP contribution in [0.1, 0.15) is 5.56 Å². The molecule has 0 aromatic heterocycles. The van der Waals surface area contributed by atoms with E-state index in [4.69, 9.17) is 16.0 Å². The van der Waals surface area contributed by atoms with Crippen molar-refractivity contribution in [1.82, 2.24) is 10.4 Å². The number of carbonyl (C=O) groups is 1. The summed E-state index contributed by atoms with van der Waals surface area (Å²) in [5.74, 6) is -1.85. The number of hydroxylamine groups is 1. The van der Waals surface area contributed by atoms with Gasteiger partial charge in [-0.3, -0.25) is 20.5 Å². The van der Waals surface area contributed by atoms with Crippen molar-refractivity contribution in [3.8, 4) is 0 Å². The van der Waals surface area contributed by atoms with Gasteiger partial charge in [-0.2, -0.15) is 0 Å². The van der Waals surface area contributed by atoms with Crippen LogP contribution in [-0.4, -0.2) is 30.7 Å². The summed E-state index contributed by atoms with van der Waals surface area (Å²) in [6, 6.07) is 8.01. The standard InChI is InChI=1S/C20H19F2N5O2/c1-27-10-15(19(24)14(20(27)28)9-25-29-2)13-8-12(23)4-6-17(13)26-18-5-3-11(21)7-16(18)22/h3-10,24-26H,23H2,1-2H3/b14-9+,24-19?. The third kappa shape index (κ3) is 4.09. The maximum Gasteiger partial charge on any atom is 0.261 e. The molecule has 1 aliphatic rings. The molecule has 0 spiro atoms. The predicted octanol–water partition coefficient (Wildman–Crippen LogP) is 3.16. The number of nitrogens with one attached hydrogen (secondary N) is 3. The first-order chi connectivity index (χ1) is 13.8. The Labute approximate surface area is 165 Å². The van der Waals surface area contributed by atoms with Gasteiger partial charge in [-0.1, -0.05) is 0 Å². The number of halogens is 2. The number of nitrogens with zero attached hydrogens (tertiary/aromatic N) is 1. The first-order valence-electron chi connectivity index (χ1n) is 8.50. The molecule has 0 unspecified atom stereocenters. The number of likely N-dealkylation sites (N-methyl/N-ethyl adjacent to an activating group) is 1. The number of allylic oxidation sites excluding steroid dienone is 1.